The molecule has 0 bridgehead atoms. The first-order chi connectivity index (χ1) is 12.5. The van der Waals surface area contributed by atoms with E-state index in [-0.39, 0.29) is 17.3 Å². The molecule has 2 aromatic rings. The fourth-order valence-electron chi connectivity index (χ4n) is 4.12. The number of nitrogens with zero attached hydrogens (tertiary/aromatic N) is 2. The second-order valence-corrected chi connectivity index (χ2v) is 7.39. The number of fused-ring (bicyclic) bond motifs is 1. The zero-order valence-corrected chi connectivity index (χ0v) is 15.6. The molecule has 1 aromatic heterocycles. The van der Waals surface area contributed by atoms with E-state index >= 15 is 4.39 Å². The zero-order chi connectivity index (χ0) is 18.4. The third kappa shape index (κ3) is 2.76. The molecule has 1 aliphatic carbocycles. The third-order valence-corrected chi connectivity index (χ3v) is 5.46. The number of hydrogen-bond donors (Lipinski definition) is 1. The molecule has 1 aliphatic heterocycles. The highest BCUT2D eigenvalue weighted by atomic mass is 19.1. The van der Waals surface area contributed by atoms with Crippen molar-refractivity contribution in [2.75, 3.05) is 31.6 Å². The van der Waals surface area contributed by atoms with Gasteiger partial charge in [-0.15, -0.1) is 0 Å². The lowest BCUT2D eigenvalue weighted by Gasteiger charge is -2.35. The van der Waals surface area contributed by atoms with Gasteiger partial charge in [0.25, 0.3) is 0 Å². The highest BCUT2D eigenvalue weighted by molar-refractivity contribution is 5.92. The number of pyridine rings is 1. The van der Waals surface area contributed by atoms with Crippen LogP contribution in [-0.2, 0) is 6.42 Å². The van der Waals surface area contributed by atoms with E-state index in [1.807, 2.05) is 11.8 Å². The Morgan fingerprint density at radius 3 is 2.73 bits per heavy atom. The first-order valence-electron chi connectivity index (χ1n) is 9.48. The molecule has 6 heteroatoms. The average Bonchev–Trinajstić information content (AvgIpc) is 3.45. The maximum Gasteiger partial charge on any atom is 0.189 e. The van der Waals surface area contributed by atoms with E-state index in [0.717, 1.165) is 37.0 Å². The predicted molar refractivity (Wildman–Crippen MR) is 102 cm³/mol. The first kappa shape index (κ1) is 17.3. The van der Waals surface area contributed by atoms with Crippen molar-refractivity contribution in [2.45, 2.75) is 45.2 Å². The molecule has 0 spiro atoms. The van der Waals surface area contributed by atoms with Gasteiger partial charge in [-0.05, 0) is 32.3 Å². The molecule has 1 saturated carbocycles. The molecule has 1 unspecified atom stereocenters. The minimum atomic E-state index is -0.382. The summed E-state index contributed by atoms with van der Waals surface area (Å²) < 4.78 is 23.1. The second-order valence-electron chi connectivity index (χ2n) is 7.39. The fraction of sp³-hybridized carbons (Fsp3) is 0.550. The Labute approximate surface area is 152 Å². The Morgan fingerprint density at radius 2 is 2.12 bits per heavy atom. The average molecular weight is 359 g/mol. The van der Waals surface area contributed by atoms with Crippen molar-refractivity contribution in [1.29, 1.82) is 0 Å². The number of methoxy groups -OCH3 is 1. The van der Waals surface area contributed by atoms with Gasteiger partial charge in [-0.25, -0.2) is 4.39 Å². The summed E-state index contributed by atoms with van der Waals surface area (Å²) in [5.41, 5.74) is 2.10. The SMILES string of the molecule is CCc1cc(=O)c2cc(F)c(N3CCNC(C)C3)c(OC)c2n1C1CC1. The summed E-state index contributed by atoms with van der Waals surface area (Å²) in [6.45, 7) is 6.36. The quantitative estimate of drug-likeness (QED) is 0.912. The van der Waals surface area contributed by atoms with Gasteiger partial charge in [0.05, 0.1) is 18.0 Å². The zero-order valence-electron chi connectivity index (χ0n) is 15.6. The van der Waals surface area contributed by atoms with Crippen molar-refractivity contribution < 1.29 is 9.13 Å². The van der Waals surface area contributed by atoms with Crippen molar-refractivity contribution >= 4 is 16.6 Å². The molecule has 2 aliphatic rings. The number of nitrogens with one attached hydrogen (secondary N) is 1. The summed E-state index contributed by atoms with van der Waals surface area (Å²) >= 11 is 0. The van der Waals surface area contributed by atoms with Crippen LogP contribution in [0.3, 0.4) is 0 Å². The third-order valence-electron chi connectivity index (χ3n) is 5.46. The highest BCUT2D eigenvalue weighted by Crippen LogP contribution is 2.44. The van der Waals surface area contributed by atoms with Gasteiger partial charge in [0.15, 0.2) is 17.0 Å². The van der Waals surface area contributed by atoms with E-state index in [2.05, 4.69) is 16.8 Å². The topological polar surface area (TPSA) is 46.5 Å². The first-order valence-corrected chi connectivity index (χ1v) is 9.48. The van der Waals surface area contributed by atoms with E-state index in [0.29, 0.717) is 36.0 Å². The largest absolute Gasteiger partial charge is 0.492 e. The summed E-state index contributed by atoms with van der Waals surface area (Å²) in [5, 5.41) is 3.80. The molecule has 140 valence electrons. The van der Waals surface area contributed by atoms with Crippen molar-refractivity contribution in [3.05, 3.63) is 33.9 Å². The molecular weight excluding hydrogens is 333 g/mol. The minimum Gasteiger partial charge on any atom is -0.492 e. The summed E-state index contributed by atoms with van der Waals surface area (Å²) in [5.74, 6) is 0.112. The van der Waals surface area contributed by atoms with Crippen LogP contribution in [0.15, 0.2) is 16.9 Å². The van der Waals surface area contributed by atoms with E-state index in [9.17, 15) is 4.79 Å². The lowest BCUT2D eigenvalue weighted by Crippen LogP contribution is -2.49. The van der Waals surface area contributed by atoms with E-state index in [1.54, 1.807) is 13.2 Å². The summed E-state index contributed by atoms with van der Waals surface area (Å²) in [7, 11) is 1.57. The monoisotopic (exact) mass is 359 g/mol. The van der Waals surface area contributed by atoms with Gasteiger partial charge in [-0.1, -0.05) is 6.92 Å². The molecule has 0 amide bonds. The molecule has 4 rings (SSSR count). The van der Waals surface area contributed by atoms with Gasteiger partial charge in [-0.3, -0.25) is 4.79 Å². The fourth-order valence-corrected chi connectivity index (χ4v) is 4.12. The molecule has 26 heavy (non-hydrogen) atoms. The van der Waals surface area contributed by atoms with Crippen LogP contribution in [0.25, 0.3) is 10.9 Å². The highest BCUT2D eigenvalue weighted by Gasteiger charge is 2.31. The van der Waals surface area contributed by atoms with Crippen LogP contribution in [0.4, 0.5) is 10.1 Å². The molecule has 1 atom stereocenters. The van der Waals surface area contributed by atoms with Crippen molar-refractivity contribution in [3.8, 4) is 5.75 Å². The Kier molecular flexibility index (Phi) is 4.39. The lowest BCUT2D eigenvalue weighted by molar-refractivity contribution is 0.407. The Hall–Kier alpha value is -2.08. The molecule has 1 saturated heterocycles. The maximum absolute atomic E-state index is 15.1. The number of piperazine rings is 1. The van der Waals surface area contributed by atoms with Gasteiger partial charge >= 0.3 is 0 Å². The number of hydrogen-bond acceptors (Lipinski definition) is 4. The van der Waals surface area contributed by atoms with Crippen molar-refractivity contribution in [3.63, 3.8) is 0 Å². The van der Waals surface area contributed by atoms with Crippen LogP contribution in [0, 0.1) is 5.82 Å². The van der Waals surface area contributed by atoms with Gasteiger partial charge < -0.3 is 19.5 Å². The summed E-state index contributed by atoms with van der Waals surface area (Å²) in [4.78, 5) is 14.7. The smallest absolute Gasteiger partial charge is 0.189 e. The maximum atomic E-state index is 15.1. The number of rotatable bonds is 4. The Balaban J connectivity index is 2.03. The summed E-state index contributed by atoms with van der Waals surface area (Å²) in [6.07, 6.45) is 2.94. The summed E-state index contributed by atoms with van der Waals surface area (Å²) in [6, 6.07) is 3.71. The normalized spacial score (nSPS) is 20.6. The van der Waals surface area contributed by atoms with Crippen molar-refractivity contribution in [1.82, 2.24) is 9.88 Å². The molecule has 2 heterocycles. The molecule has 1 aromatic carbocycles. The van der Waals surface area contributed by atoms with Crippen LogP contribution in [0.5, 0.6) is 5.75 Å². The van der Waals surface area contributed by atoms with E-state index in [1.165, 1.54) is 6.07 Å². The minimum absolute atomic E-state index is 0.133. The van der Waals surface area contributed by atoms with Crippen LogP contribution in [0.1, 0.15) is 38.4 Å². The van der Waals surface area contributed by atoms with Gasteiger partial charge in [0.1, 0.15) is 5.69 Å². The van der Waals surface area contributed by atoms with E-state index in [4.69, 9.17) is 4.74 Å². The standard InChI is InChI=1S/C20H26FN3O2/c1-4-13-9-17(25)15-10-16(21)19(23-8-7-22-12(2)11-23)20(26-3)18(15)24(13)14-5-6-14/h9-10,12,14,22H,4-8,11H2,1-3H3. The van der Waals surface area contributed by atoms with Gasteiger partial charge in [0.2, 0.25) is 0 Å². The van der Waals surface area contributed by atoms with Crippen LogP contribution in [-0.4, -0.2) is 37.4 Å². The number of ether oxygens (including phenoxy) is 1. The van der Waals surface area contributed by atoms with Crippen LogP contribution < -0.4 is 20.4 Å². The predicted octanol–water partition coefficient (Wildman–Crippen LogP) is 2.84. The molecule has 1 N–H and O–H groups in total. The van der Waals surface area contributed by atoms with E-state index < -0.39 is 0 Å². The Morgan fingerprint density at radius 1 is 1.35 bits per heavy atom. The number of aryl methyl sites for hydroxylation is 1. The molecule has 5 nitrogen and oxygen atoms in total. The van der Waals surface area contributed by atoms with Gasteiger partial charge in [-0.2, -0.15) is 0 Å². The van der Waals surface area contributed by atoms with Gasteiger partial charge in [0, 0.05) is 43.5 Å². The lowest BCUT2D eigenvalue weighted by atomic mass is 10.1. The molecular formula is C20H26FN3O2. The Bertz CT molecular complexity index is 904. The van der Waals surface area contributed by atoms with Crippen LogP contribution >= 0.6 is 0 Å². The number of anilines is 1. The second kappa shape index (κ2) is 6.58. The number of halogens is 1. The number of benzene rings is 1. The van der Waals surface area contributed by atoms with Crippen LogP contribution in [0.2, 0.25) is 0 Å². The molecule has 2 fully saturated rings. The molecule has 0 radical (unpaired) electrons. The number of aromatic nitrogens is 1. The van der Waals surface area contributed by atoms with Crippen molar-refractivity contribution in [2.24, 2.45) is 0 Å².